The molecule has 3 rings (SSSR count). The molecule has 31 heavy (non-hydrogen) atoms. The summed E-state index contributed by atoms with van der Waals surface area (Å²) in [5, 5.41) is 14.8. The fourth-order valence-corrected chi connectivity index (χ4v) is 4.30. The summed E-state index contributed by atoms with van der Waals surface area (Å²) in [6.45, 7) is 3.63. The van der Waals surface area contributed by atoms with Crippen LogP contribution in [0.25, 0.3) is 0 Å². The highest BCUT2D eigenvalue weighted by atomic mass is 79.9. The molecule has 2 amide bonds. The zero-order valence-corrected chi connectivity index (χ0v) is 19.2. The smallest absolute Gasteiger partial charge is 0.344 e. The van der Waals surface area contributed by atoms with Crippen molar-refractivity contribution in [2.24, 2.45) is 0 Å². The SMILES string of the molecule is O=C(NCCCCN1CCCC1)Nc1snc(OCc2ccc(Br)cc2F)c1C(=O)O. The minimum absolute atomic E-state index is 0.0633. The third-order valence-corrected chi connectivity index (χ3v) is 6.11. The summed E-state index contributed by atoms with van der Waals surface area (Å²) in [5.74, 6) is -1.94. The molecule has 1 aliphatic rings. The number of benzene rings is 1. The van der Waals surface area contributed by atoms with Crippen LogP contribution >= 0.6 is 27.5 Å². The largest absolute Gasteiger partial charge is 0.477 e. The molecule has 1 aliphatic heterocycles. The fraction of sp³-hybridized carbons (Fsp3) is 0.450. The lowest BCUT2D eigenvalue weighted by atomic mass is 10.2. The lowest BCUT2D eigenvalue weighted by Crippen LogP contribution is -2.30. The van der Waals surface area contributed by atoms with Gasteiger partial charge in [-0.2, -0.15) is 4.37 Å². The lowest BCUT2D eigenvalue weighted by Gasteiger charge is -2.14. The Bertz CT molecular complexity index is 921. The van der Waals surface area contributed by atoms with E-state index in [1.807, 2.05) is 0 Å². The highest BCUT2D eigenvalue weighted by molar-refractivity contribution is 9.10. The quantitative estimate of drug-likeness (QED) is 0.408. The van der Waals surface area contributed by atoms with Crippen LogP contribution in [0.1, 0.15) is 41.6 Å². The molecular weight excluding hydrogens is 491 g/mol. The van der Waals surface area contributed by atoms with Crippen LogP contribution < -0.4 is 15.4 Å². The van der Waals surface area contributed by atoms with Gasteiger partial charge in [-0.1, -0.05) is 22.0 Å². The Hall–Kier alpha value is -2.24. The first-order chi connectivity index (χ1) is 14.9. The van der Waals surface area contributed by atoms with E-state index in [1.165, 1.54) is 25.0 Å². The predicted octanol–water partition coefficient (Wildman–Crippen LogP) is 4.32. The Kier molecular flexibility index (Phi) is 8.61. The molecule has 0 unspecified atom stereocenters. The van der Waals surface area contributed by atoms with E-state index >= 15 is 0 Å². The molecular formula is C20H24BrFN4O4S. The van der Waals surface area contributed by atoms with Crippen molar-refractivity contribution in [2.75, 3.05) is 31.5 Å². The molecule has 1 aromatic carbocycles. The van der Waals surface area contributed by atoms with E-state index in [9.17, 15) is 19.1 Å². The van der Waals surface area contributed by atoms with Crippen LogP contribution in [0, 0.1) is 5.82 Å². The van der Waals surface area contributed by atoms with Crippen molar-refractivity contribution in [1.82, 2.24) is 14.6 Å². The predicted molar refractivity (Wildman–Crippen MR) is 119 cm³/mol. The van der Waals surface area contributed by atoms with Crippen molar-refractivity contribution in [2.45, 2.75) is 32.3 Å². The highest BCUT2D eigenvalue weighted by Crippen LogP contribution is 2.31. The zero-order chi connectivity index (χ0) is 22.2. The van der Waals surface area contributed by atoms with Crippen LogP contribution in [0.4, 0.5) is 14.2 Å². The van der Waals surface area contributed by atoms with Crippen LogP contribution in [0.2, 0.25) is 0 Å². The van der Waals surface area contributed by atoms with Crippen LogP contribution in [0.5, 0.6) is 5.88 Å². The number of ether oxygens (including phenoxy) is 1. The van der Waals surface area contributed by atoms with E-state index < -0.39 is 17.8 Å². The fourth-order valence-electron chi connectivity index (χ4n) is 3.25. The second kappa shape index (κ2) is 11.4. The van der Waals surface area contributed by atoms with E-state index in [-0.39, 0.29) is 28.6 Å². The van der Waals surface area contributed by atoms with E-state index in [4.69, 9.17) is 4.74 Å². The number of carbonyl (C=O) groups is 2. The molecule has 1 fully saturated rings. The van der Waals surface area contributed by atoms with Gasteiger partial charge < -0.3 is 20.1 Å². The minimum atomic E-state index is -1.29. The summed E-state index contributed by atoms with van der Waals surface area (Å²) in [6, 6.07) is 3.98. The average molecular weight is 515 g/mol. The molecule has 0 saturated carbocycles. The summed E-state index contributed by atoms with van der Waals surface area (Å²) >= 11 is 3.97. The molecule has 2 aromatic rings. The number of amides is 2. The number of hydrogen-bond donors (Lipinski definition) is 3. The summed E-state index contributed by atoms with van der Waals surface area (Å²) in [7, 11) is 0. The number of hydrogen-bond acceptors (Lipinski definition) is 6. The number of aromatic carboxylic acids is 1. The van der Waals surface area contributed by atoms with Gasteiger partial charge >= 0.3 is 12.0 Å². The van der Waals surface area contributed by atoms with Gasteiger partial charge in [0, 0.05) is 16.6 Å². The van der Waals surface area contributed by atoms with Gasteiger partial charge in [-0.05, 0) is 69.0 Å². The Morgan fingerprint density at radius 2 is 2.06 bits per heavy atom. The van der Waals surface area contributed by atoms with Crippen molar-refractivity contribution >= 4 is 44.5 Å². The van der Waals surface area contributed by atoms with Gasteiger partial charge in [0.15, 0.2) is 5.56 Å². The number of anilines is 1. The molecule has 0 aliphatic carbocycles. The molecule has 2 heterocycles. The molecule has 168 valence electrons. The number of halogens is 2. The topological polar surface area (TPSA) is 104 Å². The van der Waals surface area contributed by atoms with Gasteiger partial charge in [0.2, 0.25) is 5.88 Å². The number of nitrogens with one attached hydrogen (secondary N) is 2. The van der Waals surface area contributed by atoms with Crippen molar-refractivity contribution in [3.8, 4) is 5.88 Å². The van der Waals surface area contributed by atoms with Crippen molar-refractivity contribution in [3.05, 3.63) is 39.6 Å². The number of carboxylic acid groups (broad SMARTS) is 1. The van der Waals surface area contributed by atoms with Crippen molar-refractivity contribution in [1.29, 1.82) is 0 Å². The molecule has 11 heteroatoms. The van der Waals surface area contributed by atoms with E-state index in [0.717, 1.165) is 44.0 Å². The monoisotopic (exact) mass is 514 g/mol. The Morgan fingerprint density at radius 3 is 2.77 bits per heavy atom. The van der Waals surface area contributed by atoms with Gasteiger partial charge in [-0.15, -0.1) is 0 Å². The lowest BCUT2D eigenvalue weighted by molar-refractivity contribution is 0.0693. The number of unbranched alkanes of at least 4 members (excludes halogenated alkanes) is 1. The van der Waals surface area contributed by atoms with Gasteiger partial charge in [-0.25, -0.2) is 14.0 Å². The maximum absolute atomic E-state index is 13.9. The van der Waals surface area contributed by atoms with E-state index in [2.05, 4.69) is 35.8 Å². The number of aromatic nitrogens is 1. The highest BCUT2D eigenvalue weighted by Gasteiger charge is 2.23. The molecule has 0 atom stereocenters. The molecule has 8 nitrogen and oxygen atoms in total. The summed E-state index contributed by atoms with van der Waals surface area (Å²) in [6.07, 6.45) is 4.34. The van der Waals surface area contributed by atoms with Crippen molar-refractivity contribution in [3.63, 3.8) is 0 Å². The number of likely N-dealkylation sites (tertiary alicyclic amines) is 1. The Labute approximate surface area is 192 Å². The van der Waals surface area contributed by atoms with Crippen LogP contribution in [0.15, 0.2) is 22.7 Å². The molecule has 0 bridgehead atoms. The summed E-state index contributed by atoms with van der Waals surface area (Å²) in [5.41, 5.74) is 0.000393. The first-order valence-corrected chi connectivity index (χ1v) is 11.6. The van der Waals surface area contributed by atoms with Gasteiger partial charge in [0.1, 0.15) is 17.4 Å². The molecule has 3 N–H and O–H groups in total. The number of urea groups is 1. The van der Waals surface area contributed by atoms with Gasteiger partial charge in [-0.3, -0.25) is 5.32 Å². The van der Waals surface area contributed by atoms with Crippen LogP contribution in [-0.2, 0) is 6.61 Å². The first-order valence-electron chi connectivity index (χ1n) is 10.0. The molecule has 0 radical (unpaired) electrons. The normalized spacial score (nSPS) is 13.9. The maximum Gasteiger partial charge on any atom is 0.344 e. The zero-order valence-electron chi connectivity index (χ0n) is 16.8. The Morgan fingerprint density at radius 1 is 1.29 bits per heavy atom. The standard InChI is InChI=1S/C20H24BrFN4O4S/c21-14-6-5-13(15(22)11-14)12-30-17-16(19(27)28)18(31-25-17)24-20(29)23-7-1-2-8-26-9-3-4-10-26/h5-6,11H,1-4,7-10,12H2,(H,27,28)(H2,23,24,29). The third kappa shape index (κ3) is 6.88. The summed E-state index contributed by atoms with van der Waals surface area (Å²) in [4.78, 5) is 26.2. The number of carboxylic acids is 1. The molecule has 1 saturated heterocycles. The number of rotatable bonds is 10. The number of carbonyl (C=O) groups excluding carboxylic acids is 1. The average Bonchev–Trinajstić information content (AvgIpc) is 3.37. The third-order valence-electron chi connectivity index (χ3n) is 4.87. The van der Waals surface area contributed by atoms with Crippen molar-refractivity contribution < 1.29 is 23.8 Å². The van der Waals surface area contributed by atoms with Gasteiger partial charge in [0.25, 0.3) is 0 Å². The second-order valence-electron chi connectivity index (χ2n) is 7.16. The van der Waals surface area contributed by atoms with Crippen LogP contribution in [-0.4, -0.2) is 52.6 Å². The minimum Gasteiger partial charge on any atom is -0.477 e. The number of nitrogens with zero attached hydrogens (tertiary/aromatic N) is 2. The van der Waals surface area contributed by atoms with E-state index in [1.54, 1.807) is 6.07 Å². The van der Waals surface area contributed by atoms with E-state index in [0.29, 0.717) is 11.0 Å². The first kappa shape index (κ1) is 23.4. The maximum atomic E-state index is 13.9. The van der Waals surface area contributed by atoms with Crippen LogP contribution in [0.3, 0.4) is 0 Å². The summed E-state index contributed by atoms with van der Waals surface area (Å²) < 4.78 is 23.9. The molecule has 1 aromatic heterocycles. The van der Waals surface area contributed by atoms with Gasteiger partial charge in [0.05, 0.1) is 0 Å². The molecule has 0 spiro atoms. The Balaban J connectivity index is 1.49. The second-order valence-corrected chi connectivity index (χ2v) is 8.85.